The fraction of sp³-hybridized carbons (Fsp3) is 0.160. The summed E-state index contributed by atoms with van der Waals surface area (Å²) in [6.45, 7) is 3.81. The highest BCUT2D eigenvalue weighted by Crippen LogP contribution is 2.44. The number of benzene rings is 2. The molecule has 6 nitrogen and oxygen atoms in total. The van der Waals surface area contributed by atoms with Crippen LogP contribution < -0.4 is 9.64 Å². The molecule has 1 atom stereocenters. The van der Waals surface area contributed by atoms with Gasteiger partial charge in [0.2, 0.25) is 0 Å². The van der Waals surface area contributed by atoms with Gasteiger partial charge in [-0.3, -0.25) is 19.5 Å². The van der Waals surface area contributed by atoms with Crippen molar-refractivity contribution >= 4 is 46.3 Å². The van der Waals surface area contributed by atoms with Crippen molar-refractivity contribution in [1.82, 2.24) is 4.98 Å². The van der Waals surface area contributed by atoms with Gasteiger partial charge in [-0.1, -0.05) is 47.0 Å². The highest BCUT2D eigenvalue weighted by Gasteiger charge is 2.47. The maximum absolute atomic E-state index is 13.2. The molecular formula is C25H20Cl2N2O4. The lowest BCUT2D eigenvalue weighted by Gasteiger charge is -2.26. The predicted molar refractivity (Wildman–Crippen MR) is 128 cm³/mol. The number of carbonyl (C=O) groups is 2. The first kappa shape index (κ1) is 22.8. The van der Waals surface area contributed by atoms with Crippen LogP contribution in [0.3, 0.4) is 0 Å². The number of nitrogens with zero attached hydrogens (tertiary/aromatic N) is 2. The summed E-state index contributed by atoms with van der Waals surface area (Å²) in [7, 11) is 1.42. The molecular weight excluding hydrogens is 463 g/mol. The van der Waals surface area contributed by atoms with Crippen molar-refractivity contribution < 1.29 is 19.4 Å². The maximum Gasteiger partial charge on any atom is 0.300 e. The summed E-state index contributed by atoms with van der Waals surface area (Å²) in [5, 5.41) is 11.6. The standard InChI is InChI=1S/C25H20Cl2N2O4/c1-13-6-7-19(14(2)9-13)29-21(15-5-4-8-28-12-15)20(23(31)25(29)32)22(30)16-10-17(26)24(33-3)18(27)11-16/h4-12,21,30H,1-3H3/b22-20+. The van der Waals surface area contributed by atoms with Gasteiger partial charge in [0.1, 0.15) is 5.76 Å². The van der Waals surface area contributed by atoms with E-state index in [9.17, 15) is 14.7 Å². The van der Waals surface area contributed by atoms with Crippen LogP contribution in [-0.4, -0.2) is 28.9 Å². The van der Waals surface area contributed by atoms with Gasteiger partial charge in [0.05, 0.1) is 28.8 Å². The zero-order chi connectivity index (χ0) is 23.9. The molecule has 1 fully saturated rings. The van der Waals surface area contributed by atoms with Gasteiger partial charge in [-0.25, -0.2) is 0 Å². The van der Waals surface area contributed by atoms with Crippen molar-refractivity contribution in [3.05, 3.63) is 92.7 Å². The Kier molecular flexibility index (Phi) is 6.15. The number of pyridine rings is 1. The zero-order valence-corrected chi connectivity index (χ0v) is 19.6. The molecule has 33 heavy (non-hydrogen) atoms. The van der Waals surface area contributed by atoms with Crippen molar-refractivity contribution in [3.8, 4) is 5.75 Å². The quantitative estimate of drug-likeness (QED) is 0.295. The first-order chi connectivity index (χ1) is 15.7. The van der Waals surface area contributed by atoms with Crippen molar-refractivity contribution in [2.45, 2.75) is 19.9 Å². The number of aliphatic hydroxyl groups excluding tert-OH is 1. The molecule has 168 valence electrons. The smallest absolute Gasteiger partial charge is 0.300 e. The Morgan fingerprint density at radius 2 is 1.79 bits per heavy atom. The van der Waals surface area contributed by atoms with Gasteiger partial charge in [0.15, 0.2) is 5.75 Å². The van der Waals surface area contributed by atoms with Gasteiger partial charge in [-0.05, 0) is 49.2 Å². The summed E-state index contributed by atoms with van der Waals surface area (Å²) in [4.78, 5) is 32.0. The van der Waals surface area contributed by atoms with E-state index in [0.29, 0.717) is 11.3 Å². The van der Waals surface area contributed by atoms with Crippen LogP contribution in [0.5, 0.6) is 5.75 Å². The number of hydrogen-bond acceptors (Lipinski definition) is 5. The molecule has 1 N–H and O–H groups in total. The van der Waals surface area contributed by atoms with Crippen molar-refractivity contribution in [1.29, 1.82) is 0 Å². The average molecular weight is 483 g/mol. The van der Waals surface area contributed by atoms with Crippen LogP contribution in [-0.2, 0) is 9.59 Å². The van der Waals surface area contributed by atoms with E-state index in [1.807, 2.05) is 26.0 Å². The summed E-state index contributed by atoms with van der Waals surface area (Å²) in [6.07, 6.45) is 3.16. The molecule has 0 spiro atoms. The van der Waals surface area contributed by atoms with E-state index in [-0.39, 0.29) is 32.7 Å². The molecule has 1 aromatic heterocycles. The van der Waals surface area contributed by atoms with Crippen LogP contribution >= 0.6 is 23.2 Å². The van der Waals surface area contributed by atoms with E-state index in [1.165, 1.54) is 24.1 Å². The molecule has 1 amide bonds. The van der Waals surface area contributed by atoms with Crippen LogP contribution in [0.25, 0.3) is 5.76 Å². The van der Waals surface area contributed by atoms with E-state index in [0.717, 1.165) is 11.1 Å². The lowest BCUT2D eigenvalue weighted by molar-refractivity contribution is -0.132. The van der Waals surface area contributed by atoms with E-state index >= 15 is 0 Å². The lowest BCUT2D eigenvalue weighted by Crippen LogP contribution is -2.30. The number of aromatic nitrogens is 1. The third-order valence-corrected chi connectivity index (χ3v) is 6.09. The molecule has 0 aliphatic carbocycles. The fourth-order valence-electron chi connectivity index (χ4n) is 4.06. The van der Waals surface area contributed by atoms with Crippen LogP contribution in [0.2, 0.25) is 10.0 Å². The number of Topliss-reactive ketones (excluding diaryl/α,β-unsaturated/α-hetero) is 1. The number of hydrogen-bond donors (Lipinski definition) is 1. The second-order valence-corrected chi connectivity index (χ2v) is 8.53. The van der Waals surface area contributed by atoms with Gasteiger partial charge in [0.25, 0.3) is 11.7 Å². The summed E-state index contributed by atoms with van der Waals surface area (Å²) in [5.74, 6) is -1.71. The molecule has 1 saturated heterocycles. The van der Waals surface area contributed by atoms with E-state index in [2.05, 4.69) is 4.98 Å². The van der Waals surface area contributed by atoms with Gasteiger partial charge >= 0.3 is 0 Å². The number of aliphatic hydroxyl groups is 1. The molecule has 1 unspecified atom stereocenters. The van der Waals surface area contributed by atoms with Gasteiger partial charge in [-0.15, -0.1) is 0 Å². The Bertz CT molecular complexity index is 1280. The van der Waals surface area contributed by atoms with Gasteiger partial charge in [0, 0.05) is 23.6 Å². The Hall–Kier alpha value is -3.35. The second-order valence-electron chi connectivity index (χ2n) is 7.72. The van der Waals surface area contributed by atoms with Gasteiger partial charge in [-0.2, -0.15) is 0 Å². The number of ketones is 1. The Morgan fingerprint density at radius 1 is 1.09 bits per heavy atom. The minimum absolute atomic E-state index is 0.0784. The van der Waals surface area contributed by atoms with E-state index < -0.39 is 17.7 Å². The van der Waals surface area contributed by atoms with E-state index in [1.54, 1.807) is 30.6 Å². The largest absolute Gasteiger partial charge is 0.507 e. The maximum atomic E-state index is 13.2. The number of rotatable bonds is 4. The third-order valence-electron chi connectivity index (χ3n) is 5.53. The summed E-state index contributed by atoms with van der Waals surface area (Å²) in [5.41, 5.74) is 3.10. The molecule has 0 bridgehead atoms. The summed E-state index contributed by atoms with van der Waals surface area (Å²) < 4.78 is 5.16. The number of carbonyl (C=O) groups excluding carboxylic acids is 2. The first-order valence-electron chi connectivity index (χ1n) is 10.1. The highest BCUT2D eigenvalue weighted by molar-refractivity contribution is 6.52. The molecule has 0 saturated carbocycles. The minimum Gasteiger partial charge on any atom is -0.507 e. The SMILES string of the molecule is COc1c(Cl)cc(/C(O)=C2\C(=O)C(=O)N(c3ccc(C)cc3C)C2c2cccnc2)cc1Cl. The normalized spacial score (nSPS) is 17.5. The minimum atomic E-state index is -0.889. The highest BCUT2D eigenvalue weighted by atomic mass is 35.5. The Labute approximate surface area is 201 Å². The molecule has 4 rings (SSSR count). The van der Waals surface area contributed by atoms with Crippen LogP contribution in [0.4, 0.5) is 5.69 Å². The Balaban J connectivity index is 1.97. The van der Waals surface area contributed by atoms with E-state index in [4.69, 9.17) is 27.9 Å². The third kappa shape index (κ3) is 3.96. The van der Waals surface area contributed by atoms with Crippen LogP contribution in [0.1, 0.15) is 28.3 Å². The lowest BCUT2D eigenvalue weighted by atomic mass is 9.95. The number of aryl methyl sites for hydroxylation is 2. The number of halogens is 2. The molecule has 3 aromatic rings. The average Bonchev–Trinajstić information content (AvgIpc) is 3.04. The number of ether oxygens (including phenoxy) is 1. The molecule has 2 aromatic carbocycles. The van der Waals surface area contributed by atoms with Crippen LogP contribution in [0.15, 0.2) is 60.4 Å². The fourth-order valence-corrected chi connectivity index (χ4v) is 4.70. The number of anilines is 1. The molecule has 0 radical (unpaired) electrons. The first-order valence-corrected chi connectivity index (χ1v) is 10.8. The number of methoxy groups -OCH3 is 1. The molecule has 8 heteroatoms. The predicted octanol–water partition coefficient (Wildman–Crippen LogP) is 5.64. The zero-order valence-electron chi connectivity index (χ0n) is 18.1. The molecule has 1 aliphatic heterocycles. The summed E-state index contributed by atoms with van der Waals surface area (Å²) >= 11 is 12.5. The second kappa shape index (κ2) is 8.89. The topological polar surface area (TPSA) is 79.7 Å². The number of amides is 1. The summed E-state index contributed by atoms with van der Waals surface area (Å²) in [6, 6.07) is 11.0. The molecule has 2 heterocycles. The molecule has 1 aliphatic rings. The monoisotopic (exact) mass is 482 g/mol. The van der Waals surface area contributed by atoms with Gasteiger partial charge < -0.3 is 9.84 Å². The van der Waals surface area contributed by atoms with Crippen LogP contribution in [0, 0.1) is 13.8 Å². The van der Waals surface area contributed by atoms with Crippen molar-refractivity contribution in [2.24, 2.45) is 0 Å². The Morgan fingerprint density at radius 3 is 2.36 bits per heavy atom. The van der Waals surface area contributed by atoms with Crippen molar-refractivity contribution in [3.63, 3.8) is 0 Å². The van der Waals surface area contributed by atoms with Crippen molar-refractivity contribution in [2.75, 3.05) is 12.0 Å².